The summed E-state index contributed by atoms with van der Waals surface area (Å²) < 4.78 is 21.0. The molecule has 2 aromatic heterocycles. The lowest BCUT2D eigenvalue weighted by Gasteiger charge is -2.22. The Hall–Kier alpha value is -3.00. The number of ether oxygens (including phenoxy) is 1. The summed E-state index contributed by atoms with van der Waals surface area (Å²) in [5.74, 6) is -0.669. The first kappa shape index (κ1) is 17.4. The second-order valence-corrected chi connectivity index (χ2v) is 6.57. The standard InChI is InChI=1S/C19H20FN5O2/c1-12-9-21-19(24-18(12)13-2-3-17(26)16(20)8-13)23-14-10-22-25(11-14)15-4-6-27-7-5-15/h2-3,8-11,15,26H,4-7H2,1H3,(H,21,23,24). The lowest BCUT2D eigenvalue weighted by Crippen LogP contribution is -2.19. The van der Waals surface area contributed by atoms with E-state index in [1.165, 1.54) is 12.1 Å². The van der Waals surface area contributed by atoms with Crippen LogP contribution in [0.5, 0.6) is 5.75 Å². The lowest BCUT2D eigenvalue weighted by molar-refractivity contribution is 0.0662. The molecule has 2 N–H and O–H groups in total. The van der Waals surface area contributed by atoms with E-state index in [-0.39, 0.29) is 5.75 Å². The Morgan fingerprint density at radius 3 is 2.85 bits per heavy atom. The van der Waals surface area contributed by atoms with Gasteiger partial charge in [-0.05, 0) is 43.5 Å². The molecule has 1 aliphatic rings. The van der Waals surface area contributed by atoms with Crippen LogP contribution in [0.15, 0.2) is 36.8 Å². The second-order valence-electron chi connectivity index (χ2n) is 6.57. The number of hydrogen-bond acceptors (Lipinski definition) is 6. The summed E-state index contributed by atoms with van der Waals surface area (Å²) in [6, 6.07) is 4.54. The molecule has 3 aromatic rings. The molecule has 0 aliphatic carbocycles. The first-order valence-corrected chi connectivity index (χ1v) is 8.81. The van der Waals surface area contributed by atoms with Gasteiger partial charge in [-0.1, -0.05) is 0 Å². The molecule has 1 fully saturated rings. The number of nitrogens with one attached hydrogen (secondary N) is 1. The Morgan fingerprint density at radius 1 is 1.26 bits per heavy atom. The van der Waals surface area contributed by atoms with Gasteiger partial charge in [0.1, 0.15) is 0 Å². The number of anilines is 2. The van der Waals surface area contributed by atoms with Crippen molar-refractivity contribution in [1.29, 1.82) is 0 Å². The highest BCUT2D eigenvalue weighted by Gasteiger charge is 2.17. The van der Waals surface area contributed by atoms with Crippen molar-refractivity contribution in [1.82, 2.24) is 19.7 Å². The van der Waals surface area contributed by atoms with Crippen LogP contribution in [0, 0.1) is 12.7 Å². The summed E-state index contributed by atoms with van der Waals surface area (Å²) in [4.78, 5) is 8.80. The highest BCUT2D eigenvalue weighted by molar-refractivity contribution is 5.65. The van der Waals surface area contributed by atoms with E-state index in [2.05, 4.69) is 20.4 Å². The van der Waals surface area contributed by atoms with Crippen molar-refractivity contribution in [2.75, 3.05) is 18.5 Å². The van der Waals surface area contributed by atoms with E-state index in [1.807, 2.05) is 17.8 Å². The molecule has 0 spiro atoms. The molecular weight excluding hydrogens is 349 g/mol. The van der Waals surface area contributed by atoms with Gasteiger partial charge in [0.2, 0.25) is 5.95 Å². The quantitative estimate of drug-likeness (QED) is 0.731. The van der Waals surface area contributed by atoms with Crippen molar-refractivity contribution >= 4 is 11.6 Å². The van der Waals surface area contributed by atoms with E-state index < -0.39 is 5.82 Å². The SMILES string of the molecule is Cc1cnc(Nc2cnn(C3CCOCC3)c2)nc1-c1ccc(O)c(F)c1. The van der Waals surface area contributed by atoms with Gasteiger partial charge < -0.3 is 15.2 Å². The number of benzene rings is 1. The van der Waals surface area contributed by atoms with Crippen LogP contribution in [0.25, 0.3) is 11.3 Å². The number of nitrogens with zero attached hydrogens (tertiary/aromatic N) is 4. The van der Waals surface area contributed by atoms with Crippen molar-refractivity contribution in [2.45, 2.75) is 25.8 Å². The fraction of sp³-hybridized carbons (Fsp3) is 0.316. The van der Waals surface area contributed by atoms with E-state index in [0.717, 1.165) is 37.3 Å². The zero-order valence-electron chi connectivity index (χ0n) is 14.9. The number of aromatic hydroxyl groups is 1. The summed E-state index contributed by atoms with van der Waals surface area (Å²) in [6.45, 7) is 3.36. The largest absolute Gasteiger partial charge is 0.505 e. The van der Waals surface area contributed by atoms with Crippen molar-refractivity contribution in [3.63, 3.8) is 0 Å². The third kappa shape index (κ3) is 3.75. The zero-order valence-corrected chi connectivity index (χ0v) is 14.9. The van der Waals surface area contributed by atoms with Crippen LogP contribution in [-0.4, -0.2) is 38.1 Å². The van der Waals surface area contributed by atoms with Crippen LogP contribution in [0.1, 0.15) is 24.4 Å². The number of phenolic OH excluding ortho intramolecular Hbond substituents is 1. The Balaban J connectivity index is 1.56. The number of hydrogen-bond donors (Lipinski definition) is 2. The molecule has 3 heterocycles. The van der Waals surface area contributed by atoms with Gasteiger partial charge in [0.15, 0.2) is 11.6 Å². The van der Waals surface area contributed by atoms with Gasteiger partial charge in [0.25, 0.3) is 0 Å². The minimum atomic E-state index is -0.683. The van der Waals surface area contributed by atoms with Crippen LogP contribution < -0.4 is 5.32 Å². The number of phenols is 1. The van der Waals surface area contributed by atoms with Crippen LogP contribution in [-0.2, 0) is 4.74 Å². The molecule has 0 unspecified atom stereocenters. The number of halogens is 1. The Labute approximate surface area is 155 Å². The van der Waals surface area contributed by atoms with Gasteiger partial charge in [-0.25, -0.2) is 14.4 Å². The van der Waals surface area contributed by atoms with E-state index in [4.69, 9.17) is 4.74 Å². The lowest BCUT2D eigenvalue weighted by atomic mass is 10.1. The predicted octanol–water partition coefficient (Wildman–Crippen LogP) is 3.59. The molecule has 0 bridgehead atoms. The molecule has 4 rings (SSSR count). The molecule has 1 saturated heterocycles. The first-order chi connectivity index (χ1) is 13.1. The molecule has 0 amide bonds. The van der Waals surface area contributed by atoms with Crippen LogP contribution >= 0.6 is 0 Å². The molecule has 0 atom stereocenters. The Bertz CT molecular complexity index is 953. The minimum absolute atomic E-state index is 0.337. The topological polar surface area (TPSA) is 85.1 Å². The van der Waals surface area contributed by atoms with Gasteiger partial charge in [-0.15, -0.1) is 0 Å². The molecule has 0 saturated carbocycles. The van der Waals surface area contributed by atoms with Crippen molar-refractivity contribution in [3.8, 4) is 17.0 Å². The van der Waals surface area contributed by atoms with Gasteiger partial charge in [-0.3, -0.25) is 4.68 Å². The van der Waals surface area contributed by atoms with E-state index >= 15 is 0 Å². The Morgan fingerprint density at radius 2 is 2.07 bits per heavy atom. The maximum absolute atomic E-state index is 13.7. The molecular formula is C19H20FN5O2. The summed E-state index contributed by atoms with van der Waals surface area (Å²) >= 11 is 0. The van der Waals surface area contributed by atoms with Crippen molar-refractivity contribution < 1.29 is 14.2 Å². The third-order valence-electron chi connectivity index (χ3n) is 4.62. The molecule has 1 aromatic carbocycles. The maximum Gasteiger partial charge on any atom is 0.227 e. The predicted molar refractivity (Wildman–Crippen MR) is 98.4 cm³/mol. The summed E-state index contributed by atoms with van der Waals surface area (Å²) in [5, 5.41) is 16.9. The molecule has 140 valence electrons. The summed E-state index contributed by atoms with van der Waals surface area (Å²) in [6.07, 6.45) is 7.23. The fourth-order valence-electron chi connectivity index (χ4n) is 3.13. The minimum Gasteiger partial charge on any atom is -0.505 e. The monoisotopic (exact) mass is 369 g/mol. The van der Waals surface area contributed by atoms with E-state index in [1.54, 1.807) is 18.5 Å². The Kier molecular flexibility index (Phi) is 4.72. The van der Waals surface area contributed by atoms with E-state index in [9.17, 15) is 9.50 Å². The smallest absolute Gasteiger partial charge is 0.227 e. The first-order valence-electron chi connectivity index (χ1n) is 8.81. The number of aromatic nitrogens is 4. The van der Waals surface area contributed by atoms with Gasteiger partial charge in [0, 0.05) is 31.2 Å². The second kappa shape index (κ2) is 7.32. The molecule has 0 radical (unpaired) electrons. The highest BCUT2D eigenvalue weighted by Crippen LogP contribution is 2.27. The van der Waals surface area contributed by atoms with Gasteiger partial charge in [0.05, 0.1) is 23.6 Å². The molecule has 8 heteroatoms. The average Bonchev–Trinajstić information content (AvgIpc) is 3.15. The number of aryl methyl sites for hydroxylation is 1. The maximum atomic E-state index is 13.7. The van der Waals surface area contributed by atoms with Crippen molar-refractivity contribution in [2.24, 2.45) is 0 Å². The fourth-order valence-corrected chi connectivity index (χ4v) is 3.13. The summed E-state index contributed by atoms with van der Waals surface area (Å²) in [7, 11) is 0. The van der Waals surface area contributed by atoms with Crippen molar-refractivity contribution in [3.05, 3.63) is 48.2 Å². The highest BCUT2D eigenvalue weighted by atomic mass is 19.1. The zero-order chi connectivity index (χ0) is 18.8. The van der Waals surface area contributed by atoms with Gasteiger partial charge >= 0.3 is 0 Å². The third-order valence-corrected chi connectivity index (χ3v) is 4.62. The average molecular weight is 369 g/mol. The van der Waals surface area contributed by atoms with E-state index in [0.29, 0.717) is 23.2 Å². The molecule has 7 nitrogen and oxygen atoms in total. The molecule has 27 heavy (non-hydrogen) atoms. The summed E-state index contributed by atoms with van der Waals surface area (Å²) in [5.41, 5.74) is 2.77. The van der Waals surface area contributed by atoms with Gasteiger partial charge in [-0.2, -0.15) is 5.10 Å². The number of rotatable bonds is 4. The normalized spacial score (nSPS) is 15.0. The molecule has 1 aliphatic heterocycles. The van der Waals surface area contributed by atoms with Crippen LogP contribution in [0.4, 0.5) is 16.0 Å². The van der Waals surface area contributed by atoms with Crippen LogP contribution in [0.3, 0.4) is 0 Å². The van der Waals surface area contributed by atoms with Crippen LogP contribution in [0.2, 0.25) is 0 Å².